The Morgan fingerprint density at radius 2 is 1.44 bits per heavy atom. The average Bonchev–Trinajstić information content (AvgIpc) is 3.52. The monoisotopic (exact) mass is 855 g/mol. The molecule has 308 valence electrons. The molecule has 1 heterocycles. The van der Waals surface area contributed by atoms with E-state index in [9.17, 15) is 48.6 Å². The van der Waals surface area contributed by atoms with Gasteiger partial charge in [0.2, 0.25) is 0 Å². The van der Waals surface area contributed by atoms with Crippen LogP contribution in [0.5, 0.6) is 11.5 Å². The van der Waals surface area contributed by atoms with Crippen LogP contribution in [-0.2, 0) is 24.2 Å². The Morgan fingerprint density at radius 3 is 1.96 bits per heavy atom. The summed E-state index contributed by atoms with van der Waals surface area (Å²) in [6.07, 6.45) is -7.34. The lowest BCUT2D eigenvalue weighted by atomic mass is 10.2. The fraction of sp³-hybridized carbons (Fsp3) is 0.433. The van der Waals surface area contributed by atoms with Crippen molar-refractivity contribution in [3.63, 3.8) is 0 Å². The number of alkyl halides is 6. The molecule has 0 spiro atoms. The maximum atomic E-state index is 13.8. The van der Waals surface area contributed by atoms with Crippen molar-refractivity contribution in [2.75, 3.05) is 45.6 Å². The maximum Gasteiger partial charge on any atom is 0.490 e. The first-order chi connectivity index (χ1) is 25.4. The number of hydrogen-bond acceptors (Lipinski definition) is 12. The summed E-state index contributed by atoms with van der Waals surface area (Å²) in [5.74, 6) is -6.15. The van der Waals surface area contributed by atoms with Gasteiger partial charge in [0.15, 0.2) is 0 Å². The van der Waals surface area contributed by atoms with Crippen molar-refractivity contribution in [3.8, 4) is 17.6 Å². The number of thiophene rings is 1. The first-order valence-corrected chi connectivity index (χ1v) is 19.6. The number of carbonyl (C=O) groups is 2. The van der Waals surface area contributed by atoms with E-state index in [2.05, 4.69) is 9.62 Å². The van der Waals surface area contributed by atoms with Gasteiger partial charge in [-0.25, -0.2) is 27.0 Å². The van der Waals surface area contributed by atoms with E-state index >= 15 is 0 Å². The van der Waals surface area contributed by atoms with E-state index in [0.29, 0.717) is 35.5 Å². The Kier molecular flexibility index (Phi) is 20.0. The minimum absolute atomic E-state index is 0.0536. The number of sulfonamides is 1. The molecule has 15 nitrogen and oxygen atoms in total. The molecule has 3 rings (SSSR count). The summed E-state index contributed by atoms with van der Waals surface area (Å²) in [4.78, 5) is 30.2. The number of nitrogens with one attached hydrogen (secondary N) is 1. The highest BCUT2D eigenvalue weighted by Gasteiger charge is 2.39. The number of rotatable bonds is 18. The van der Waals surface area contributed by atoms with E-state index in [1.54, 1.807) is 24.3 Å². The van der Waals surface area contributed by atoms with Gasteiger partial charge >= 0.3 is 31.9 Å². The Hall–Kier alpha value is -4.08. The van der Waals surface area contributed by atoms with Crippen LogP contribution in [-0.4, -0.2) is 98.3 Å². The predicted molar refractivity (Wildman–Crippen MR) is 184 cm³/mol. The fourth-order valence-electron chi connectivity index (χ4n) is 3.91. The third kappa shape index (κ3) is 18.9. The topological polar surface area (TPSA) is 256 Å². The number of fused-ring (bicyclic) bond motifs is 1. The standard InChI is InChI=1S/C26H35FN5O6PS2.2C2HF3O2/c27-24-17-23(6-5-20(24)18-30)38-39(33,34)19-31-41(35,36)26-16-21-15-22(7-8-25(21)40-26)37-14-4-13-32(12-3-10-29)11-2-1-9-28;2*3-2(4,5)1(6)7/h5-8,15-17,31H,1-4,9-14,19,28-29H2,(H,33,34);2*(H,6,7). The highest BCUT2D eigenvalue weighted by Crippen LogP contribution is 2.42. The smallest absolute Gasteiger partial charge is 0.490 e. The first-order valence-electron chi connectivity index (χ1n) is 15.6. The van der Waals surface area contributed by atoms with Crippen molar-refractivity contribution in [2.24, 2.45) is 11.5 Å². The maximum absolute atomic E-state index is 13.8. The Bertz CT molecular complexity index is 1880. The van der Waals surface area contributed by atoms with Gasteiger partial charge in [-0.15, -0.1) is 11.3 Å². The number of unbranched alkanes of at least 4 members (excludes halogenated alkanes) is 1. The molecule has 2 aromatic carbocycles. The number of ether oxygens (including phenoxy) is 1. The molecule has 0 bridgehead atoms. The van der Waals surface area contributed by atoms with Crippen molar-refractivity contribution < 1.29 is 77.7 Å². The summed E-state index contributed by atoms with van der Waals surface area (Å²) in [6.45, 7) is 4.58. The molecule has 0 amide bonds. The number of halogens is 7. The van der Waals surface area contributed by atoms with Gasteiger partial charge in [-0.2, -0.15) is 36.3 Å². The van der Waals surface area contributed by atoms with E-state index < -0.39 is 54.0 Å². The van der Waals surface area contributed by atoms with Gasteiger partial charge in [-0.05, 0) is 93.6 Å². The van der Waals surface area contributed by atoms with Crippen molar-refractivity contribution in [2.45, 2.75) is 42.2 Å². The summed E-state index contributed by atoms with van der Waals surface area (Å²) in [6, 6.07) is 11.4. The van der Waals surface area contributed by atoms with E-state index in [1.807, 2.05) is 0 Å². The molecular formula is C30H37F7N5O10PS2. The zero-order chi connectivity index (χ0) is 42.0. The van der Waals surface area contributed by atoms with Crippen LogP contribution in [0.4, 0.5) is 30.7 Å². The van der Waals surface area contributed by atoms with E-state index in [1.165, 1.54) is 6.07 Å². The lowest BCUT2D eigenvalue weighted by Crippen LogP contribution is -2.29. The fourth-order valence-corrected chi connectivity index (χ4v) is 7.83. The minimum atomic E-state index is -5.08. The average molecular weight is 856 g/mol. The van der Waals surface area contributed by atoms with E-state index in [-0.39, 0.29) is 15.5 Å². The first kappa shape index (κ1) is 48.9. The molecule has 55 heavy (non-hydrogen) atoms. The molecule has 25 heteroatoms. The van der Waals surface area contributed by atoms with Gasteiger partial charge in [0.1, 0.15) is 33.9 Å². The normalized spacial score (nSPS) is 12.8. The number of carboxylic acids is 2. The number of carboxylic acid groups (broad SMARTS) is 2. The van der Waals surface area contributed by atoms with Gasteiger partial charge in [-0.1, -0.05) is 0 Å². The van der Waals surface area contributed by atoms with Crippen LogP contribution in [0.25, 0.3) is 10.1 Å². The van der Waals surface area contributed by atoms with Crippen LogP contribution in [0.3, 0.4) is 0 Å². The number of nitrogens with zero attached hydrogens (tertiary/aromatic N) is 2. The van der Waals surface area contributed by atoms with Gasteiger partial charge < -0.3 is 40.7 Å². The Morgan fingerprint density at radius 1 is 0.891 bits per heavy atom. The number of hydrogen-bond donors (Lipinski definition) is 6. The predicted octanol–water partition coefficient (Wildman–Crippen LogP) is 4.84. The summed E-state index contributed by atoms with van der Waals surface area (Å²) in [5, 5.41) is 23.7. The molecule has 0 fully saturated rings. The second kappa shape index (κ2) is 22.5. The largest absolute Gasteiger partial charge is 0.494 e. The molecule has 1 aromatic heterocycles. The summed E-state index contributed by atoms with van der Waals surface area (Å²) >= 11 is 0.999. The number of nitriles is 1. The highest BCUT2D eigenvalue weighted by molar-refractivity contribution is 7.92. The lowest BCUT2D eigenvalue weighted by molar-refractivity contribution is -0.193. The van der Waals surface area contributed by atoms with Gasteiger partial charge in [-0.3, -0.25) is 0 Å². The van der Waals surface area contributed by atoms with Crippen molar-refractivity contribution in [3.05, 3.63) is 53.8 Å². The zero-order valence-electron chi connectivity index (χ0n) is 28.5. The molecule has 0 saturated heterocycles. The van der Waals surface area contributed by atoms with Crippen molar-refractivity contribution in [1.29, 1.82) is 5.26 Å². The molecule has 1 atom stereocenters. The summed E-state index contributed by atoms with van der Waals surface area (Å²) in [5.41, 5.74) is 11.0. The van der Waals surface area contributed by atoms with Crippen LogP contribution < -0.4 is 25.5 Å². The second-order valence-corrected chi connectivity index (χ2v) is 15.7. The SMILES string of the molecule is N#Cc1ccc(OP(=O)(O)CNS(=O)(=O)c2cc3cc(OCCCN(CCCN)CCCCN)ccc3s2)cc1F.O=C(O)C(F)(F)F.O=C(O)C(F)(F)F. The molecule has 0 aliphatic carbocycles. The third-order valence-corrected chi connectivity index (χ3v) is 10.7. The van der Waals surface area contributed by atoms with Crippen LogP contribution >= 0.6 is 18.9 Å². The lowest BCUT2D eigenvalue weighted by Gasteiger charge is -2.22. The van der Waals surface area contributed by atoms with Crippen LogP contribution in [0.2, 0.25) is 0 Å². The number of aliphatic carboxylic acids is 2. The third-order valence-electron chi connectivity index (χ3n) is 6.47. The van der Waals surface area contributed by atoms with Gasteiger partial charge in [0.05, 0.1) is 12.2 Å². The molecule has 0 aliphatic rings. The Balaban J connectivity index is 0.000000913. The number of nitrogens with two attached hydrogens (primary N) is 2. The number of benzene rings is 2. The summed E-state index contributed by atoms with van der Waals surface area (Å²) < 4.78 is 129. The van der Waals surface area contributed by atoms with Crippen molar-refractivity contribution in [1.82, 2.24) is 9.62 Å². The van der Waals surface area contributed by atoms with Crippen LogP contribution in [0.1, 0.15) is 31.2 Å². The van der Waals surface area contributed by atoms with Gasteiger partial charge in [0, 0.05) is 17.3 Å². The van der Waals surface area contributed by atoms with Crippen LogP contribution in [0.15, 0.2) is 46.7 Å². The highest BCUT2D eigenvalue weighted by atomic mass is 32.2. The van der Waals surface area contributed by atoms with E-state index in [0.717, 1.165) is 74.9 Å². The molecule has 8 N–H and O–H groups in total. The molecule has 0 radical (unpaired) electrons. The quantitative estimate of drug-likeness (QED) is 0.0569. The Labute approximate surface area is 313 Å². The van der Waals surface area contributed by atoms with Crippen molar-refractivity contribution >= 4 is 51.0 Å². The minimum Gasteiger partial charge on any atom is -0.494 e. The van der Waals surface area contributed by atoms with Gasteiger partial charge in [0.25, 0.3) is 10.0 Å². The molecule has 0 aliphatic heterocycles. The zero-order valence-corrected chi connectivity index (χ0v) is 31.0. The van der Waals surface area contributed by atoms with E-state index in [4.69, 9.17) is 45.8 Å². The second-order valence-electron chi connectivity index (χ2n) is 10.8. The molecule has 3 aromatic rings. The molecule has 1 unspecified atom stereocenters. The van der Waals surface area contributed by atoms with Crippen LogP contribution in [0, 0.1) is 17.1 Å². The molecule has 0 saturated carbocycles. The molecular weight excluding hydrogens is 818 g/mol. The summed E-state index contributed by atoms with van der Waals surface area (Å²) in [7, 11) is -8.68.